The van der Waals surface area contributed by atoms with Crippen molar-refractivity contribution in [3.8, 4) is 23.0 Å². The Morgan fingerprint density at radius 1 is 0.536 bits per heavy atom. The lowest BCUT2D eigenvalue weighted by molar-refractivity contribution is 0.385. The fourth-order valence-electron chi connectivity index (χ4n) is 4.59. The fourth-order valence-corrected chi connectivity index (χ4v) is 4.71. The molecule has 2 aliphatic heterocycles. The van der Waals surface area contributed by atoms with E-state index < -0.39 is 5.41 Å². The first-order chi connectivity index (χ1) is 13.8. The van der Waals surface area contributed by atoms with E-state index in [4.69, 9.17) is 21.1 Å². The topological polar surface area (TPSA) is 18.5 Å². The van der Waals surface area contributed by atoms with E-state index in [2.05, 4.69) is 36.4 Å². The van der Waals surface area contributed by atoms with Crippen LogP contribution in [0.5, 0.6) is 23.0 Å². The zero-order valence-corrected chi connectivity index (χ0v) is 15.6. The molecule has 0 amide bonds. The molecule has 28 heavy (non-hydrogen) atoms. The number of hydrogen-bond donors (Lipinski definition) is 0. The van der Waals surface area contributed by atoms with Gasteiger partial charge in [0, 0.05) is 16.1 Å². The highest BCUT2D eigenvalue weighted by Crippen LogP contribution is 2.62. The Bertz CT molecular complexity index is 1160. The fraction of sp³-hybridized carbons (Fsp3) is 0.0400. The smallest absolute Gasteiger partial charge is 0.135 e. The van der Waals surface area contributed by atoms with Crippen LogP contribution in [0.1, 0.15) is 22.3 Å². The van der Waals surface area contributed by atoms with E-state index in [1.54, 1.807) is 0 Å². The van der Waals surface area contributed by atoms with Gasteiger partial charge in [0.05, 0.1) is 11.0 Å². The van der Waals surface area contributed by atoms with Crippen LogP contribution in [0.15, 0.2) is 91.0 Å². The molecule has 0 saturated heterocycles. The monoisotopic (exact) mass is 382 g/mol. The van der Waals surface area contributed by atoms with E-state index in [0.717, 1.165) is 45.3 Å². The molecule has 134 valence electrons. The number of fused-ring (bicyclic) bond motifs is 4. The molecule has 0 N–H and O–H groups in total. The number of ether oxygens (including phenoxy) is 2. The lowest BCUT2D eigenvalue weighted by Crippen LogP contribution is -2.36. The minimum Gasteiger partial charge on any atom is -0.457 e. The highest BCUT2D eigenvalue weighted by atomic mass is 35.5. The summed E-state index contributed by atoms with van der Waals surface area (Å²) in [6.45, 7) is 0. The van der Waals surface area contributed by atoms with Gasteiger partial charge in [-0.2, -0.15) is 0 Å². The van der Waals surface area contributed by atoms with Crippen molar-refractivity contribution in [2.75, 3.05) is 0 Å². The molecule has 0 fully saturated rings. The number of halogens is 1. The number of para-hydroxylation sites is 2. The van der Waals surface area contributed by atoms with Crippen LogP contribution < -0.4 is 9.47 Å². The van der Waals surface area contributed by atoms with Crippen molar-refractivity contribution in [1.82, 2.24) is 0 Å². The molecule has 3 heteroatoms. The Morgan fingerprint density at radius 2 is 1.04 bits per heavy atom. The first-order valence-electron chi connectivity index (χ1n) is 9.23. The number of hydrogen-bond acceptors (Lipinski definition) is 2. The number of rotatable bonds is 1. The SMILES string of the molecule is Clc1ccc(C23c4ccccc4Oc4cccc(c42)Oc2ccccc23)cc1. The third-order valence-corrected chi connectivity index (χ3v) is 5.91. The summed E-state index contributed by atoms with van der Waals surface area (Å²) in [6.07, 6.45) is 0. The van der Waals surface area contributed by atoms with Crippen LogP contribution in [0.3, 0.4) is 0 Å². The summed E-state index contributed by atoms with van der Waals surface area (Å²) in [7, 11) is 0. The molecule has 2 heterocycles. The second-order valence-electron chi connectivity index (χ2n) is 7.08. The normalized spacial score (nSPS) is 14.8. The number of benzene rings is 4. The molecule has 6 rings (SSSR count). The van der Waals surface area contributed by atoms with Gasteiger partial charge in [-0.1, -0.05) is 66.2 Å². The summed E-state index contributed by atoms with van der Waals surface area (Å²) in [4.78, 5) is 0. The standard InChI is InChI=1S/C25H15ClO2/c26-17-14-12-16(13-15-17)25-18-6-1-3-8-20(18)27-22-10-5-11-23(24(22)25)28-21-9-4-2-7-19(21)25/h1-15H. The Labute approximate surface area is 167 Å². The highest BCUT2D eigenvalue weighted by Gasteiger charge is 2.50. The molecule has 2 aliphatic rings. The van der Waals surface area contributed by atoms with E-state index in [1.807, 2.05) is 54.6 Å². The summed E-state index contributed by atoms with van der Waals surface area (Å²) < 4.78 is 12.6. The predicted octanol–water partition coefficient (Wildman–Crippen LogP) is 6.93. The summed E-state index contributed by atoms with van der Waals surface area (Å²) in [5.74, 6) is 3.36. The van der Waals surface area contributed by atoms with E-state index in [1.165, 1.54) is 0 Å². The van der Waals surface area contributed by atoms with Gasteiger partial charge >= 0.3 is 0 Å². The Balaban J connectivity index is 1.84. The molecule has 4 aromatic rings. The molecule has 0 radical (unpaired) electrons. The van der Waals surface area contributed by atoms with Crippen LogP contribution in [0.25, 0.3) is 0 Å². The molecule has 0 spiro atoms. The second kappa shape index (κ2) is 5.63. The van der Waals surface area contributed by atoms with Crippen LogP contribution in [-0.2, 0) is 5.41 Å². The first-order valence-corrected chi connectivity index (χ1v) is 9.60. The molecule has 2 nitrogen and oxygen atoms in total. The molecule has 0 unspecified atom stereocenters. The van der Waals surface area contributed by atoms with Gasteiger partial charge in [0.2, 0.25) is 0 Å². The minimum absolute atomic E-state index is 0.528. The van der Waals surface area contributed by atoms with Gasteiger partial charge in [0.15, 0.2) is 0 Å². The molecule has 0 aromatic heterocycles. The maximum atomic E-state index is 6.30. The van der Waals surface area contributed by atoms with Gasteiger partial charge in [-0.15, -0.1) is 0 Å². The van der Waals surface area contributed by atoms with Crippen molar-refractivity contribution < 1.29 is 9.47 Å². The van der Waals surface area contributed by atoms with Crippen LogP contribution in [0.4, 0.5) is 0 Å². The van der Waals surface area contributed by atoms with Crippen LogP contribution in [0.2, 0.25) is 5.02 Å². The van der Waals surface area contributed by atoms with Crippen molar-refractivity contribution in [2.24, 2.45) is 0 Å². The molecule has 0 saturated carbocycles. The molecule has 0 bridgehead atoms. The van der Waals surface area contributed by atoms with E-state index >= 15 is 0 Å². The Hall–Kier alpha value is -3.23. The van der Waals surface area contributed by atoms with Crippen molar-refractivity contribution in [3.05, 3.63) is 118 Å². The highest BCUT2D eigenvalue weighted by molar-refractivity contribution is 6.30. The van der Waals surface area contributed by atoms with Crippen LogP contribution >= 0.6 is 11.6 Å². The third kappa shape index (κ3) is 1.93. The van der Waals surface area contributed by atoms with Crippen molar-refractivity contribution in [3.63, 3.8) is 0 Å². The zero-order chi connectivity index (χ0) is 18.7. The zero-order valence-electron chi connectivity index (χ0n) is 14.9. The molecule has 0 atom stereocenters. The van der Waals surface area contributed by atoms with E-state index in [-0.39, 0.29) is 0 Å². The van der Waals surface area contributed by atoms with Crippen molar-refractivity contribution in [1.29, 1.82) is 0 Å². The molecular formula is C25H15ClO2. The minimum atomic E-state index is -0.528. The third-order valence-electron chi connectivity index (χ3n) is 5.66. The average molecular weight is 383 g/mol. The largest absolute Gasteiger partial charge is 0.457 e. The molecule has 0 aliphatic carbocycles. The predicted molar refractivity (Wildman–Crippen MR) is 110 cm³/mol. The molecule has 4 aromatic carbocycles. The van der Waals surface area contributed by atoms with Gasteiger partial charge < -0.3 is 9.47 Å². The Kier molecular flexibility index (Phi) is 3.18. The molecular weight excluding hydrogens is 368 g/mol. The van der Waals surface area contributed by atoms with Gasteiger partial charge in [0.1, 0.15) is 23.0 Å². The summed E-state index contributed by atoms with van der Waals surface area (Å²) >= 11 is 6.24. The quantitative estimate of drug-likeness (QED) is 0.307. The van der Waals surface area contributed by atoms with E-state index in [0.29, 0.717) is 5.02 Å². The van der Waals surface area contributed by atoms with Crippen LogP contribution in [0, 0.1) is 0 Å². The lowest BCUT2D eigenvalue weighted by Gasteiger charge is -2.45. The maximum absolute atomic E-state index is 6.30. The Morgan fingerprint density at radius 3 is 1.61 bits per heavy atom. The van der Waals surface area contributed by atoms with E-state index in [9.17, 15) is 0 Å². The van der Waals surface area contributed by atoms with Crippen molar-refractivity contribution in [2.45, 2.75) is 5.41 Å². The van der Waals surface area contributed by atoms with Crippen molar-refractivity contribution >= 4 is 11.6 Å². The average Bonchev–Trinajstić information content (AvgIpc) is 2.74. The van der Waals surface area contributed by atoms with Gasteiger partial charge in [-0.05, 0) is 42.0 Å². The summed E-state index contributed by atoms with van der Waals surface area (Å²) in [6, 6.07) is 30.6. The van der Waals surface area contributed by atoms with Gasteiger partial charge in [-0.25, -0.2) is 0 Å². The van der Waals surface area contributed by atoms with Gasteiger partial charge in [0.25, 0.3) is 0 Å². The maximum Gasteiger partial charge on any atom is 0.135 e. The van der Waals surface area contributed by atoms with Gasteiger partial charge in [-0.3, -0.25) is 0 Å². The van der Waals surface area contributed by atoms with Crippen LogP contribution in [-0.4, -0.2) is 0 Å². The second-order valence-corrected chi connectivity index (χ2v) is 7.52. The lowest BCUT2D eigenvalue weighted by atomic mass is 9.62. The summed E-state index contributed by atoms with van der Waals surface area (Å²) in [5, 5.41) is 0.717. The first kappa shape index (κ1) is 15.8. The summed E-state index contributed by atoms with van der Waals surface area (Å²) in [5.41, 5.74) is 3.85.